The van der Waals surface area contributed by atoms with Crippen LogP contribution >= 0.6 is 34.5 Å². The molecule has 82 valence electrons. The molecule has 2 rings (SSSR count). The van der Waals surface area contributed by atoms with E-state index in [0.29, 0.717) is 9.36 Å². The van der Waals surface area contributed by atoms with Crippen LogP contribution in [-0.4, -0.2) is 0 Å². The van der Waals surface area contributed by atoms with E-state index in [1.807, 2.05) is 24.3 Å². The van der Waals surface area contributed by atoms with Crippen LogP contribution < -0.4 is 0 Å². The molecule has 0 aliphatic heterocycles. The van der Waals surface area contributed by atoms with Crippen molar-refractivity contribution in [2.75, 3.05) is 0 Å². The first kappa shape index (κ1) is 11.6. The molecule has 1 aromatic carbocycles. The normalized spacial score (nSPS) is 12.4. The molecular weight excluding hydrogens is 263 g/mol. The average Bonchev–Trinajstić information content (AvgIpc) is 2.69. The number of benzene rings is 1. The first-order chi connectivity index (χ1) is 7.70. The number of hydrogen-bond acceptors (Lipinski definition) is 3. The minimum Gasteiger partial charge on any atom is -0.209 e. The van der Waals surface area contributed by atoms with Gasteiger partial charge in [0.2, 0.25) is 0 Å². The van der Waals surface area contributed by atoms with Crippen LogP contribution in [0.2, 0.25) is 9.36 Å². The molecule has 1 N–H and O–H groups in total. The smallest absolute Gasteiger partial charge is 0.130 e. The van der Waals surface area contributed by atoms with Crippen LogP contribution in [0.1, 0.15) is 16.5 Å². The minimum absolute atomic E-state index is 0.283. The zero-order valence-corrected chi connectivity index (χ0v) is 10.5. The lowest BCUT2D eigenvalue weighted by molar-refractivity contribution is 0.790. The quantitative estimate of drug-likeness (QED) is 0.747. The van der Waals surface area contributed by atoms with Gasteiger partial charge in [0.1, 0.15) is 6.04 Å². The van der Waals surface area contributed by atoms with Crippen LogP contribution in [0, 0.1) is 5.53 Å². The van der Waals surface area contributed by atoms with Gasteiger partial charge in [-0.25, -0.2) is 5.53 Å². The van der Waals surface area contributed by atoms with E-state index in [2.05, 4.69) is 5.11 Å². The van der Waals surface area contributed by atoms with E-state index in [4.69, 9.17) is 28.7 Å². The Bertz CT molecular complexity index is 493. The van der Waals surface area contributed by atoms with Gasteiger partial charge < -0.3 is 0 Å². The van der Waals surface area contributed by atoms with Gasteiger partial charge in [0.25, 0.3) is 0 Å². The second kappa shape index (κ2) is 4.95. The molecule has 0 fully saturated rings. The summed E-state index contributed by atoms with van der Waals surface area (Å²) in [7, 11) is 0. The summed E-state index contributed by atoms with van der Waals surface area (Å²) < 4.78 is 0.706. The molecular formula is C11H8Cl2N2S. The lowest BCUT2D eigenvalue weighted by atomic mass is 10.1. The summed E-state index contributed by atoms with van der Waals surface area (Å²) in [6, 6.07) is 10.8. The highest BCUT2D eigenvalue weighted by Crippen LogP contribution is 2.33. The van der Waals surface area contributed by atoms with Crippen LogP contribution in [0.4, 0.5) is 0 Å². The van der Waals surface area contributed by atoms with E-state index in [1.54, 1.807) is 12.1 Å². The average molecular weight is 271 g/mol. The van der Waals surface area contributed by atoms with E-state index >= 15 is 0 Å². The monoisotopic (exact) mass is 270 g/mol. The Balaban J connectivity index is 2.36. The summed E-state index contributed by atoms with van der Waals surface area (Å²) in [4.78, 5) is 0.960. The van der Waals surface area contributed by atoms with Gasteiger partial charge in [0, 0.05) is 9.90 Å². The minimum atomic E-state index is -0.283. The van der Waals surface area contributed by atoms with Gasteiger partial charge in [0.05, 0.1) is 4.34 Å². The number of thiophene rings is 1. The number of hydrogen-bond donors (Lipinski definition) is 1. The standard InChI is InChI=1S/C11H8Cl2N2S/c12-8-3-1-7(2-4-8)11(15-14)9-5-6-10(13)16-9/h1-6,11,14H. The number of halogens is 2. The summed E-state index contributed by atoms with van der Waals surface area (Å²) in [5, 5.41) is 4.31. The second-order valence-corrected chi connectivity index (χ2v) is 5.41. The summed E-state index contributed by atoms with van der Waals surface area (Å²) in [6.45, 7) is 0. The third-order valence-electron chi connectivity index (χ3n) is 2.18. The molecule has 0 aliphatic rings. The van der Waals surface area contributed by atoms with E-state index in [9.17, 15) is 0 Å². The summed E-state index contributed by atoms with van der Waals surface area (Å²) in [5.41, 5.74) is 8.20. The third kappa shape index (κ3) is 2.43. The van der Waals surface area contributed by atoms with E-state index < -0.39 is 0 Å². The van der Waals surface area contributed by atoms with Crippen molar-refractivity contribution in [1.29, 1.82) is 5.53 Å². The van der Waals surface area contributed by atoms with Gasteiger partial charge in [-0.2, -0.15) is 5.11 Å². The van der Waals surface area contributed by atoms with Crippen molar-refractivity contribution in [2.24, 2.45) is 5.11 Å². The van der Waals surface area contributed by atoms with Crippen LogP contribution in [0.3, 0.4) is 0 Å². The number of nitrogens with one attached hydrogen (secondary N) is 1. The van der Waals surface area contributed by atoms with Gasteiger partial charge in [-0.1, -0.05) is 35.3 Å². The third-order valence-corrected chi connectivity index (χ3v) is 3.71. The Morgan fingerprint density at radius 1 is 1.06 bits per heavy atom. The fourth-order valence-electron chi connectivity index (χ4n) is 1.42. The van der Waals surface area contributed by atoms with Crippen molar-refractivity contribution in [3.63, 3.8) is 0 Å². The Kier molecular flexibility index (Phi) is 3.59. The Hall–Kier alpha value is -0.900. The van der Waals surface area contributed by atoms with Gasteiger partial charge in [-0.05, 0) is 29.8 Å². The lowest BCUT2D eigenvalue weighted by Gasteiger charge is -2.08. The highest BCUT2D eigenvalue weighted by molar-refractivity contribution is 7.16. The molecule has 2 nitrogen and oxygen atoms in total. The van der Waals surface area contributed by atoms with Crippen molar-refractivity contribution in [3.8, 4) is 0 Å². The molecule has 0 saturated heterocycles. The summed E-state index contributed by atoms with van der Waals surface area (Å²) in [6.07, 6.45) is 0. The second-order valence-electron chi connectivity index (χ2n) is 3.23. The van der Waals surface area contributed by atoms with Crippen LogP contribution in [0.25, 0.3) is 0 Å². The molecule has 0 radical (unpaired) electrons. The van der Waals surface area contributed by atoms with E-state index in [0.717, 1.165) is 10.4 Å². The van der Waals surface area contributed by atoms with Gasteiger partial charge >= 0.3 is 0 Å². The molecule has 5 heteroatoms. The maximum absolute atomic E-state index is 7.25. The molecule has 0 bridgehead atoms. The maximum atomic E-state index is 7.25. The van der Waals surface area contributed by atoms with Crippen molar-refractivity contribution in [3.05, 3.63) is 56.2 Å². The molecule has 1 unspecified atom stereocenters. The molecule has 2 aromatic rings. The predicted octanol–water partition coefficient (Wildman–Crippen LogP) is 5.18. The molecule has 1 heterocycles. The number of nitrogens with zero attached hydrogens (tertiary/aromatic N) is 1. The fraction of sp³-hybridized carbons (Fsp3) is 0.0909. The van der Waals surface area contributed by atoms with E-state index in [1.165, 1.54) is 11.3 Å². The molecule has 1 atom stereocenters. The van der Waals surface area contributed by atoms with Crippen molar-refractivity contribution >= 4 is 34.5 Å². The summed E-state index contributed by atoms with van der Waals surface area (Å²) >= 11 is 13.1. The van der Waals surface area contributed by atoms with Crippen LogP contribution in [0.15, 0.2) is 41.5 Å². The molecule has 0 saturated carbocycles. The number of rotatable bonds is 3. The van der Waals surface area contributed by atoms with E-state index in [-0.39, 0.29) is 6.04 Å². The largest absolute Gasteiger partial charge is 0.209 e. The Morgan fingerprint density at radius 3 is 2.25 bits per heavy atom. The van der Waals surface area contributed by atoms with Crippen molar-refractivity contribution in [1.82, 2.24) is 0 Å². The molecule has 0 aliphatic carbocycles. The molecule has 1 aromatic heterocycles. The molecule has 0 amide bonds. The molecule has 16 heavy (non-hydrogen) atoms. The SMILES string of the molecule is N=NC(c1ccc(Cl)cc1)c1ccc(Cl)s1. The van der Waals surface area contributed by atoms with Crippen molar-refractivity contribution < 1.29 is 0 Å². The van der Waals surface area contributed by atoms with Crippen LogP contribution in [-0.2, 0) is 0 Å². The highest BCUT2D eigenvalue weighted by Gasteiger charge is 2.14. The predicted molar refractivity (Wildman–Crippen MR) is 67.8 cm³/mol. The zero-order valence-electron chi connectivity index (χ0n) is 8.15. The maximum Gasteiger partial charge on any atom is 0.130 e. The Morgan fingerprint density at radius 2 is 1.75 bits per heavy atom. The topological polar surface area (TPSA) is 36.2 Å². The fourth-order valence-corrected chi connectivity index (χ4v) is 2.68. The first-order valence-corrected chi connectivity index (χ1v) is 6.15. The van der Waals surface area contributed by atoms with Crippen LogP contribution in [0.5, 0.6) is 0 Å². The first-order valence-electron chi connectivity index (χ1n) is 4.58. The molecule has 0 spiro atoms. The van der Waals surface area contributed by atoms with Gasteiger partial charge in [0.15, 0.2) is 0 Å². The highest BCUT2D eigenvalue weighted by atomic mass is 35.5. The lowest BCUT2D eigenvalue weighted by Crippen LogP contribution is -1.93. The Labute approximate surface area is 107 Å². The van der Waals surface area contributed by atoms with Gasteiger partial charge in [-0.15, -0.1) is 11.3 Å². The van der Waals surface area contributed by atoms with Crippen molar-refractivity contribution in [2.45, 2.75) is 6.04 Å². The summed E-state index contributed by atoms with van der Waals surface area (Å²) in [5.74, 6) is 0. The van der Waals surface area contributed by atoms with Gasteiger partial charge in [-0.3, -0.25) is 0 Å². The zero-order chi connectivity index (χ0) is 11.5.